The summed E-state index contributed by atoms with van der Waals surface area (Å²) >= 11 is 0. The Bertz CT molecular complexity index is 331. The van der Waals surface area contributed by atoms with Gasteiger partial charge in [-0.2, -0.15) is 0 Å². The van der Waals surface area contributed by atoms with Crippen LogP contribution in [0.1, 0.15) is 25.7 Å². The van der Waals surface area contributed by atoms with Gasteiger partial charge >= 0.3 is 0 Å². The highest BCUT2D eigenvalue weighted by Crippen LogP contribution is 2.28. The molecule has 2 aliphatic heterocycles. The molecule has 0 aromatic rings. The molecule has 0 aromatic heterocycles. The van der Waals surface area contributed by atoms with Crippen LogP contribution in [0.5, 0.6) is 0 Å². The van der Waals surface area contributed by atoms with E-state index in [-0.39, 0.29) is 18.4 Å². The predicted molar refractivity (Wildman–Crippen MR) is 61.6 cm³/mol. The molecule has 0 bridgehead atoms. The van der Waals surface area contributed by atoms with E-state index in [9.17, 15) is 8.42 Å². The molecule has 0 aromatic carbocycles. The molecule has 6 heteroatoms. The summed E-state index contributed by atoms with van der Waals surface area (Å²) in [5, 5.41) is 8.64. The lowest BCUT2D eigenvalue weighted by atomic mass is 10.1. The summed E-state index contributed by atoms with van der Waals surface area (Å²) in [6, 6.07) is 0.495. The van der Waals surface area contributed by atoms with E-state index in [4.69, 9.17) is 5.11 Å². The molecule has 2 rings (SSSR count). The zero-order chi connectivity index (χ0) is 11.6. The van der Waals surface area contributed by atoms with Gasteiger partial charge < -0.3 is 5.11 Å². The van der Waals surface area contributed by atoms with Gasteiger partial charge in [-0.05, 0) is 32.2 Å². The Morgan fingerprint density at radius 1 is 1.31 bits per heavy atom. The Hall–Kier alpha value is -0.170. The van der Waals surface area contributed by atoms with Gasteiger partial charge in [-0.3, -0.25) is 4.90 Å². The molecular formula is C10H20N2O3S. The maximum absolute atomic E-state index is 11.7. The van der Waals surface area contributed by atoms with Crippen molar-refractivity contribution in [2.75, 3.05) is 25.4 Å². The van der Waals surface area contributed by atoms with Crippen LogP contribution in [0.2, 0.25) is 0 Å². The van der Waals surface area contributed by atoms with E-state index in [2.05, 4.69) is 9.62 Å². The third kappa shape index (κ3) is 2.74. The van der Waals surface area contributed by atoms with Crippen molar-refractivity contribution in [2.24, 2.45) is 0 Å². The molecule has 2 aliphatic rings. The van der Waals surface area contributed by atoms with Crippen molar-refractivity contribution in [1.29, 1.82) is 0 Å². The van der Waals surface area contributed by atoms with Crippen LogP contribution in [0, 0.1) is 0 Å². The molecule has 0 aliphatic carbocycles. The van der Waals surface area contributed by atoms with Crippen LogP contribution in [0.25, 0.3) is 0 Å². The van der Waals surface area contributed by atoms with Crippen molar-refractivity contribution >= 4 is 10.0 Å². The van der Waals surface area contributed by atoms with Crippen molar-refractivity contribution in [3.63, 3.8) is 0 Å². The van der Waals surface area contributed by atoms with E-state index >= 15 is 0 Å². The number of nitrogens with one attached hydrogen (secondary N) is 1. The molecule has 0 radical (unpaired) electrons. The van der Waals surface area contributed by atoms with E-state index in [1.165, 1.54) is 6.42 Å². The Kier molecular flexibility index (Phi) is 3.84. The van der Waals surface area contributed by atoms with Gasteiger partial charge in [-0.1, -0.05) is 0 Å². The number of aliphatic hydroxyl groups is 1. The Balaban J connectivity index is 1.89. The second kappa shape index (κ2) is 5.00. The van der Waals surface area contributed by atoms with Gasteiger partial charge in [0.15, 0.2) is 0 Å². The van der Waals surface area contributed by atoms with Gasteiger partial charge in [-0.25, -0.2) is 13.1 Å². The van der Waals surface area contributed by atoms with Gasteiger partial charge in [0.2, 0.25) is 10.0 Å². The van der Waals surface area contributed by atoms with Crippen molar-refractivity contribution < 1.29 is 13.5 Å². The number of rotatable bonds is 5. The molecule has 0 saturated carbocycles. The van der Waals surface area contributed by atoms with Gasteiger partial charge in [-0.15, -0.1) is 0 Å². The predicted octanol–water partition coefficient (Wildman–Crippen LogP) is -0.475. The highest BCUT2D eigenvalue weighted by atomic mass is 32.2. The normalized spacial score (nSPS) is 30.8. The monoisotopic (exact) mass is 248 g/mol. The molecule has 2 saturated heterocycles. The second-order valence-corrected chi connectivity index (χ2v) is 6.53. The lowest BCUT2D eigenvalue weighted by molar-refractivity contribution is 0.294. The summed E-state index contributed by atoms with van der Waals surface area (Å²) in [7, 11) is -3.20. The largest absolute Gasteiger partial charge is 0.396 e. The fourth-order valence-corrected chi connectivity index (χ4v) is 4.13. The lowest BCUT2D eigenvalue weighted by Crippen LogP contribution is -2.43. The number of nitrogens with zero attached hydrogens (tertiary/aromatic N) is 1. The zero-order valence-corrected chi connectivity index (χ0v) is 10.2. The number of fused-ring (bicyclic) bond motifs is 1. The van der Waals surface area contributed by atoms with Crippen molar-refractivity contribution in [3.05, 3.63) is 0 Å². The molecule has 2 N–H and O–H groups in total. The molecule has 0 spiro atoms. The minimum absolute atomic E-state index is 0.0344. The lowest BCUT2D eigenvalue weighted by Gasteiger charge is -2.21. The van der Waals surface area contributed by atoms with Crippen LogP contribution in [-0.2, 0) is 10.0 Å². The summed E-state index contributed by atoms with van der Waals surface area (Å²) in [5.41, 5.74) is 0. The first kappa shape index (κ1) is 12.3. The van der Waals surface area contributed by atoms with Crippen molar-refractivity contribution in [2.45, 2.75) is 37.8 Å². The number of hydrogen-bond acceptors (Lipinski definition) is 4. The van der Waals surface area contributed by atoms with E-state index in [0.29, 0.717) is 12.5 Å². The average molecular weight is 248 g/mol. The molecule has 0 amide bonds. The average Bonchev–Trinajstić information content (AvgIpc) is 2.80. The van der Waals surface area contributed by atoms with Crippen LogP contribution in [0.4, 0.5) is 0 Å². The summed E-state index contributed by atoms with van der Waals surface area (Å²) in [6.07, 6.45) is 3.52. The zero-order valence-electron chi connectivity index (χ0n) is 9.43. The molecule has 94 valence electrons. The maximum Gasteiger partial charge on any atom is 0.211 e. The van der Waals surface area contributed by atoms with Crippen LogP contribution >= 0.6 is 0 Å². The molecule has 2 heterocycles. The minimum atomic E-state index is -3.20. The van der Waals surface area contributed by atoms with Crippen LogP contribution in [-0.4, -0.2) is 56.0 Å². The number of aliphatic hydroxyl groups excluding tert-OH is 1. The van der Waals surface area contributed by atoms with E-state index in [0.717, 1.165) is 25.9 Å². The molecular weight excluding hydrogens is 228 g/mol. The summed E-state index contributed by atoms with van der Waals surface area (Å²) in [4.78, 5) is 2.37. The van der Waals surface area contributed by atoms with Crippen LogP contribution in [0.3, 0.4) is 0 Å². The topological polar surface area (TPSA) is 69.6 Å². The van der Waals surface area contributed by atoms with Gasteiger partial charge in [0.05, 0.1) is 5.75 Å². The van der Waals surface area contributed by atoms with E-state index < -0.39 is 10.0 Å². The third-order valence-electron chi connectivity index (χ3n) is 3.51. The number of hydrogen-bond donors (Lipinski definition) is 2. The fourth-order valence-electron chi connectivity index (χ4n) is 2.76. The molecule has 5 nitrogen and oxygen atoms in total. The molecule has 16 heavy (non-hydrogen) atoms. The van der Waals surface area contributed by atoms with Crippen LogP contribution < -0.4 is 4.72 Å². The van der Waals surface area contributed by atoms with Gasteiger partial charge in [0, 0.05) is 25.2 Å². The highest BCUT2D eigenvalue weighted by molar-refractivity contribution is 7.89. The van der Waals surface area contributed by atoms with Crippen LogP contribution in [0.15, 0.2) is 0 Å². The summed E-state index contributed by atoms with van der Waals surface area (Å²) in [5.74, 6) is 0.0344. The molecule has 2 unspecified atom stereocenters. The second-order valence-electron chi connectivity index (χ2n) is 4.65. The Morgan fingerprint density at radius 3 is 2.88 bits per heavy atom. The standard InChI is InChI=1S/C10H20N2O3S/c13-7-2-8-16(14,15)11-9-4-6-12-5-1-3-10(9)12/h9-11,13H,1-8H2. The molecule has 2 fully saturated rings. The Labute approximate surface area is 96.9 Å². The first-order valence-corrected chi connectivity index (χ1v) is 7.62. The first-order valence-electron chi connectivity index (χ1n) is 5.97. The summed E-state index contributed by atoms with van der Waals surface area (Å²) in [6.45, 7) is 2.05. The quantitative estimate of drug-likeness (QED) is 0.690. The van der Waals surface area contributed by atoms with Gasteiger partial charge in [0.1, 0.15) is 0 Å². The van der Waals surface area contributed by atoms with Crippen molar-refractivity contribution in [1.82, 2.24) is 9.62 Å². The van der Waals surface area contributed by atoms with Crippen molar-refractivity contribution in [3.8, 4) is 0 Å². The van der Waals surface area contributed by atoms with E-state index in [1.807, 2.05) is 0 Å². The van der Waals surface area contributed by atoms with E-state index in [1.54, 1.807) is 0 Å². The fraction of sp³-hybridized carbons (Fsp3) is 1.00. The smallest absolute Gasteiger partial charge is 0.211 e. The minimum Gasteiger partial charge on any atom is -0.396 e. The van der Waals surface area contributed by atoms with Gasteiger partial charge in [0.25, 0.3) is 0 Å². The first-order chi connectivity index (χ1) is 7.62. The molecule has 2 atom stereocenters. The summed E-state index contributed by atoms with van der Waals surface area (Å²) < 4.78 is 26.2. The SMILES string of the molecule is O=S(=O)(CCCO)NC1CCN2CCCC12. The highest BCUT2D eigenvalue weighted by Gasteiger charge is 2.38. The Morgan fingerprint density at radius 2 is 2.12 bits per heavy atom. The number of sulfonamides is 1. The maximum atomic E-state index is 11.7. The third-order valence-corrected chi connectivity index (χ3v) is 5.00.